The number of nitrogens with zero attached hydrogens (tertiary/aromatic N) is 1. The van der Waals surface area contributed by atoms with E-state index in [1.54, 1.807) is 25.2 Å². The SMILES string of the molecule is C=C(C)N[C@@H](CC)C(C)=O.CC.[B].[CH2-]C.[CH2-]c1ccc2c(n1)NCCC2.[Y].c1ccsc1. The van der Waals surface area contributed by atoms with E-state index in [4.69, 9.17) is 0 Å². The first-order chi connectivity index (χ1) is 14.4. The van der Waals surface area contributed by atoms with Gasteiger partial charge < -0.3 is 17.6 Å². The number of aryl methyl sites for hydroxylation is 1. The molecule has 7 heteroatoms. The van der Waals surface area contributed by atoms with Gasteiger partial charge in [0.15, 0.2) is 5.78 Å². The Morgan fingerprint density at radius 2 is 1.81 bits per heavy atom. The fourth-order valence-electron chi connectivity index (χ4n) is 2.38. The van der Waals surface area contributed by atoms with Gasteiger partial charge in [-0.3, -0.25) is 9.78 Å². The number of nitrogens with one attached hydrogen (secondary N) is 2. The third-order valence-electron chi connectivity index (χ3n) is 3.70. The summed E-state index contributed by atoms with van der Waals surface area (Å²) < 4.78 is 0. The maximum Gasteiger partial charge on any atom is 0.151 e. The largest absolute Gasteiger partial charge is 0.379 e. The number of rotatable bonds is 4. The van der Waals surface area contributed by atoms with Gasteiger partial charge >= 0.3 is 0 Å². The van der Waals surface area contributed by atoms with Gasteiger partial charge in [0.05, 0.1) is 6.04 Å². The zero-order valence-corrected chi connectivity index (χ0v) is 24.6. The number of thiophene rings is 1. The molecule has 0 amide bonds. The van der Waals surface area contributed by atoms with Crippen LogP contribution in [-0.4, -0.2) is 31.8 Å². The molecule has 0 fully saturated rings. The topological polar surface area (TPSA) is 54.0 Å². The average molecular weight is 531 g/mol. The van der Waals surface area contributed by atoms with Gasteiger partial charge in [-0.05, 0) is 49.4 Å². The standard InChI is InChI=1S/C9H11N2.C8H15NO.C4H4S.C2H6.C2H5.B.Y/c1-7-4-5-8-3-2-6-10-9(8)11-7;1-5-8(7(4)10)9-6(2)3;1-2-4-5-3-1;2*1-2;;/h4-5H,1-3,6H2,(H,10,11);8-9H,2,5H2,1,3-4H3;1-4H;1-2H3;1H2,2H3;;/q-1;;;;-1;;/t;8-;;;;;/m.0...../s1. The molecule has 3 heterocycles. The molecule has 1 atom stereocenters. The third kappa shape index (κ3) is 19.6. The number of hydrogen-bond acceptors (Lipinski definition) is 5. The molecule has 4 radical (unpaired) electrons. The Morgan fingerprint density at radius 3 is 2.19 bits per heavy atom. The predicted molar refractivity (Wildman–Crippen MR) is 141 cm³/mol. The maximum atomic E-state index is 10.8. The summed E-state index contributed by atoms with van der Waals surface area (Å²) in [6, 6.07) is 8.07. The summed E-state index contributed by atoms with van der Waals surface area (Å²) in [4.78, 5) is 15.1. The average Bonchev–Trinajstić information content (AvgIpc) is 3.35. The zero-order chi connectivity index (χ0) is 23.4. The van der Waals surface area contributed by atoms with Crippen molar-refractivity contribution in [2.45, 2.75) is 66.8 Å². The minimum absolute atomic E-state index is 0. The van der Waals surface area contributed by atoms with Crippen molar-refractivity contribution < 1.29 is 37.5 Å². The number of hydrogen-bond donors (Lipinski definition) is 2. The first-order valence-electron chi connectivity index (χ1n) is 10.6. The quantitative estimate of drug-likeness (QED) is 0.358. The minimum atomic E-state index is -0.0440. The van der Waals surface area contributed by atoms with Gasteiger partial charge in [0, 0.05) is 53.4 Å². The molecule has 2 aromatic heterocycles. The number of fused-ring (bicyclic) bond motifs is 1. The number of allylic oxidation sites excluding steroid dienone is 1. The minimum Gasteiger partial charge on any atom is -0.379 e. The third-order valence-corrected chi connectivity index (χ3v) is 4.33. The Morgan fingerprint density at radius 1 is 1.25 bits per heavy atom. The fraction of sp³-hybridized carbons (Fsp3) is 0.440. The number of pyridine rings is 1. The van der Waals surface area contributed by atoms with E-state index in [1.165, 1.54) is 12.0 Å². The zero-order valence-electron chi connectivity index (χ0n) is 20.9. The molecule has 2 aromatic rings. The number of carbonyl (C=O) groups is 1. The molecular weight excluding hydrogens is 490 g/mol. The summed E-state index contributed by atoms with van der Waals surface area (Å²) in [5.41, 5.74) is 3.02. The van der Waals surface area contributed by atoms with E-state index in [1.807, 2.05) is 56.7 Å². The van der Waals surface area contributed by atoms with E-state index < -0.39 is 0 Å². The summed E-state index contributed by atoms with van der Waals surface area (Å²) in [5.74, 6) is 1.20. The molecular formula is C25H41BN3OSY-2. The van der Waals surface area contributed by atoms with Crippen molar-refractivity contribution in [3.63, 3.8) is 0 Å². The van der Waals surface area contributed by atoms with Gasteiger partial charge in [0.2, 0.25) is 0 Å². The van der Waals surface area contributed by atoms with Crippen LogP contribution in [0.25, 0.3) is 0 Å². The van der Waals surface area contributed by atoms with Crippen LogP contribution in [0.15, 0.2) is 47.3 Å². The van der Waals surface area contributed by atoms with Gasteiger partial charge in [-0.25, -0.2) is 6.92 Å². The molecule has 0 spiro atoms. The van der Waals surface area contributed by atoms with Crippen molar-refractivity contribution >= 4 is 31.4 Å². The van der Waals surface area contributed by atoms with Crippen molar-refractivity contribution in [1.82, 2.24) is 10.3 Å². The van der Waals surface area contributed by atoms with Gasteiger partial charge in [0.25, 0.3) is 0 Å². The van der Waals surface area contributed by atoms with Crippen LogP contribution in [0, 0.1) is 13.8 Å². The summed E-state index contributed by atoms with van der Waals surface area (Å²) in [6.07, 6.45) is 3.18. The summed E-state index contributed by atoms with van der Waals surface area (Å²) in [6.45, 7) is 22.9. The van der Waals surface area contributed by atoms with Gasteiger partial charge in [-0.2, -0.15) is 24.3 Å². The van der Waals surface area contributed by atoms with E-state index in [2.05, 4.69) is 42.1 Å². The van der Waals surface area contributed by atoms with Crippen LogP contribution < -0.4 is 10.6 Å². The van der Waals surface area contributed by atoms with Crippen molar-refractivity contribution in [1.29, 1.82) is 0 Å². The van der Waals surface area contributed by atoms with Gasteiger partial charge in [0.1, 0.15) is 5.82 Å². The number of carbonyl (C=O) groups excluding carboxylic acids is 1. The first-order valence-corrected chi connectivity index (χ1v) is 11.5. The molecule has 1 aliphatic heterocycles. The Bertz CT molecular complexity index is 665. The van der Waals surface area contributed by atoms with E-state index >= 15 is 0 Å². The molecule has 0 saturated carbocycles. The van der Waals surface area contributed by atoms with Crippen LogP contribution >= 0.6 is 11.3 Å². The molecule has 2 N–H and O–H groups in total. The molecule has 0 unspecified atom stereocenters. The second-order valence-corrected chi connectivity index (χ2v) is 6.95. The molecule has 0 saturated heterocycles. The summed E-state index contributed by atoms with van der Waals surface area (Å²) in [7, 11) is 0. The van der Waals surface area contributed by atoms with Crippen molar-refractivity contribution in [2.24, 2.45) is 0 Å². The van der Waals surface area contributed by atoms with Crippen molar-refractivity contribution in [3.05, 3.63) is 72.4 Å². The van der Waals surface area contributed by atoms with Crippen LogP contribution in [0.5, 0.6) is 0 Å². The number of anilines is 1. The van der Waals surface area contributed by atoms with Crippen LogP contribution in [0.1, 0.15) is 65.6 Å². The van der Waals surface area contributed by atoms with E-state index in [9.17, 15) is 4.79 Å². The van der Waals surface area contributed by atoms with Gasteiger partial charge in [-0.1, -0.05) is 39.5 Å². The summed E-state index contributed by atoms with van der Waals surface area (Å²) >= 11 is 1.71. The molecule has 176 valence electrons. The van der Waals surface area contributed by atoms with Crippen molar-refractivity contribution in [2.75, 3.05) is 11.9 Å². The second kappa shape index (κ2) is 26.2. The number of ketones is 1. The van der Waals surface area contributed by atoms with Gasteiger partial charge in [-0.15, -0.1) is 11.8 Å². The Labute approximate surface area is 228 Å². The molecule has 32 heavy (non-hydrogen) atoms. The van der Waals surface area contributed by atoms with Crippen molar-refractivity contribution in [3.8, 4) is 0 Å². The summed E-state index contributed by atoms with van der Waals surface area (Å²) in [5, 5.41) is 10.3. The molecule has 0 aromatic carbocycles. The normalized spacial score (nSPS) is 10.7. The van der Waals surface area contributed by atoms with E-state index in [0.717, 1.165) is 36.6 Å². The number of Topliss-reactive ketones (excluding diaryl/α,β-unsaturated/α-hetero) is 1. The molecule has 3 rings (SSSR count). The second-order valence-electron chi connectivity index (χ2n) is 6.13. The maximum absolute atomic E-state index is 10.8. The fourth-order valence-corrected chi connectivity index (χ4v) is 2.84. The first kappa shape index (κ1) is 38.2. The Kier molecular flexibility index (Phi) is 31.2. The molecule has 0 aliphatic carbocycles. The predicted octanol–water partition coefficient (Wildman–Crippen LogP) is 6.33. The molecule has 4 nitrogen and oxygen atoms in total. The number of aromatic nitrogens is 1. The smallest absolute Gasteiger partial charge is 0.151 e. The van der Waals surface area contributed by atoms with Crippen LogP contribution in [0.3, 0.4) is 0 Å². The molecule has 0 bridgehead atoms. The van der Waals surface area contributed by atoms with Crippen LogP contribution in [-0.2, 0) is 43.9 Å². The monoisotopic (exact) mass is 531 g/mol. The Hall–Kier alpha value is -1.10. The van der Waals surface area contributed by atoms with Crippen LogP contribution in [0.2, 0.25) is 0 Å². The van der Waals surface area contributed by atoms with Crippen LogP contribution in [0.4, 0.5) is 5.82 Å². The van der Waals surface area contributed by atoms with E-state index in [0.29, 0.717) is 0 Å². The Balaban J connectivity index is -0.000000173. The van der Waals surface area contributed by atoms with E-state index in [-0.39, 0.29) is 52.9 Å². The molecule has 1 aliphatic rings.